The zero-order valence-electron chi connectivity index (χ0n) is 14.2. The number of pyridine rings is 1. The Bertz CT molecular complexity index is 901. The summed E-state index contributed by atoms with van der Waals surface area (Å²) in [5, 5.41) is 0.861. The third-order valence-corrected chi connectivity index (χ3v) is 4.64. The molecule has 3 heterocycles. The minimum atomic E-state index is -0.121. The van der Waals surface area contributed by atoms with Gasteiger partial charge in [0.1, 0.15) is 5.82 Å². The maximum absolute atomic E-state index is 12.7. The van der Waals surface area contributed by atoms with Gasteiger partial charge in [-0.3, -0.25) is 4.79 Å². The fraction of sp³-hybridized carbons (Fsp3) is 0.263. The maximum Gasteiger partial charge on any atom is 0.289 e. The summed E-state index contributed by atoms with van der Waals surface area (Å²) in [6.07, 6.45) is 1.78. The molecule has 1 aromatic carbocycles. The number of rotatable bonds is 4. The molecule has 0 bridgehead atoms. The first kappa shape index (κ1) is 15.5. The maximum atomic E-state index is 12.7. The Morgan fingerprint density at radius 3 is 2.84 bits per heavy atom. The smallest absolute Gasteiger partial charge is 0.289 e. The van der Waals surface area contributed by atoms with Gasteiger partial charge in [-0.25, -0.2) is 4.98 Å². The molecule has 25 heavy (non-hydrogen) atoms. The number of para-hydroxylation sites is 1. The lowest BCUT2D eigenvalue weighted by molar-refractivity contribution is 0.0675. The highest BCUT2D eigenvalue weighted by Crippen LogP contribution is 2.29. The molecular formula is C19H19N3O3. The van der Waals surface area contributed by atoms with Crippen molar-refractivity contribution >= 4 is 22.7 Å². The van der Waals surface area contributed by atoms with E-state index < -0.39 is 0 Å². The number of carbonyl (C=O) groups is 1. The SMILES string of the molecule is COc1cccc2cc(C(=O)N(C)C3CN(c4ccccn4)C3)oc12. The largest absolute Gasteiger partial charge is 0.493 e. The van der Waals surface area contributed by atoms with Crippen LogP contribution < -0.4 is 9.64 Å². The molecular weight excluding hydrogens is 318 g/mol. The van der Waals surface area contributed by atoms with Gasteiger partial charge in [-0.15, -0.1) is 0 Å². The highest BCUT2D eigenvalue weighted by atomic mass is 16.5. The number of methoxy groups -OCH3 is 1. The van der Waals surface area contributed by atoms with Gasteiger partial charge in [0.25, 0.3) is 5.91 Å². The summed E-state index contributed by atoms with van der Waals surface area (Å²) in [7, 11) is 3.40. The first-order valence-corrected chi connectivity index (χ1v) is 8.17. The van der Waals surface area contributed by atoms with Crippen molar-refractivity contribution in [3.8, 4) is 5.75 Å². The van der Waals surface area contributed by atoms with Crippen LogP contribution in [0.2, 0.25) is 0 Å². The molecule has 6 heteroatoms. The molecule has 0 N–H and O–H groups in total. The number of carbonyl (C=O) groups excluding carboxylic acids is 1. The summed E-state index contributed by atoms with van der Waals surface area (Å²) in [4.78, 5) is 21.0. The Kier molecular flexibility index (Phi) is 3.80. The molecule has 128 valence electrons. The summed E-state index contributed by atoms with van der Waals surface area (Å²) in [6, 6.07) is 13.4. The van der Waals surface area contributed by atoms with Crippen LogP contribution in [0.4, 0.5) is 5.82 Å². The van der Waals surface area contributed by atoms with Crippen molar-refractivity contribution < 1.29 is 13.9 Å². The van der Waals surface area contributed by atoms with Crippen molar-refractivity contribution in [2.24, 2.45) is 0 Å². The van der Waals surface area contributed by atoms with Crippen LogP contribution in [-0.4, -0.2) is 49.1 Å². The molecule has 0 spiro atoms. The lowest BCUT2D eigenvalue weighted by Crippen LogP contribution is -2.60. The van der Waals surface area contributed by atoms with Gasteiger partial charge in [-0.1, -0.05) is 18.2 Å². The van der Waals surface area contributed by atoms with Crippen LogP contribution in [0.5, 0.6) is 5.75 Å². The van der Waals surface area contributed by atoms with E-state index in [1.165, 1.54) is 0 Å². The van der Waals surface area contributed by atoms with E-state index in [0.717, 1.165) is 24.3 Å². The number of hydrogen-bond acceptors (Lipinski definition) is 5. The van der Waals surface area contributed by atoms with Gasteiger partial charge in [0.05, 0.1) is 13.2 Å². The number of furan rings is 1. The molecule has 2 aromatic heterocycles. The molecule has 1 aliphatic rings. The number of amides is 1. The molecule has 3 aromatic rings. The number of aromatic nitrogens is 1. The molecule has 0 aliphatic carbocycles. The highest BCUT2D eigenvalue weighted by molar-refractivity contribution is 5.97. The van der Waals surface area contributed by atoms with Gasteiger partial charge in [-0.2, -0.15) is 0 Å². The van der Waals surface area contributed by atoms with E-state index in [9.17, 15) is 4.79 Å². The number of anilines is 1. The van der Waals surface area contributed by atoms with E-state index in [0.29, 0.717) is 17.1 Å². The zero-order valence-corrected chi connectivity index (χ0v) is 14.2. The van der Waals surface area contributed by atoms with Gasteiger partial charge in [0, 0.05) is 31.7 Å². The Morgan fingerprint density at radius 2 is 2.12 bits per heavy atom. The minimum Gasteiger partial charge on any atom is -0.493 e. The average Bonchev–Trinajstić information content (AvgIpc) is 3.04. The predicted molar refractivity (Wildman–Crippen MR) is 95.1 cm³/mol. The third kappa shape index (κ3) is 2.69. The summed E-state index contributed by atoms with van der Waals surface area (Å²) in [6.45, 7) is 1.53. The number of ether oxygens (including phenoxy) is 1. The normalized spacial score (nSPS) is 14.4. The summed E-state index contributed by atoms with van der Waals surface area (Å²) < 4.78 is 11.1. The van der Waals surface area contributed by atoms with E-state index in [-0.39, 0.29) is 11.9 Å². The second kappa shape index (κ2) is 6.12. The van der Waals surface area contributed by atoms with E-state index >= 15 is 0 Å². The van der Waals surface area contributed by atoms with Crippen LogP contribution in [0.3, 0.4) is 0 Å². The third-order valence-electron chi connectivity index (χ3n) is 4.64. The summed E-state index contributed by atoms with van der Waals surface area (Å²) in [5.74, 6) is 1.78. The number of likely N-dealkylation sites (N-methyl/N-ethyl adjacent to an activating group) is 1. The van der Waals surface area contributed by atoms with Gasteiger partial charge in [0.15, 0.2) is 17.1 Å². The van der Waals surface area contributed by atoms with E-state index in [1.807, 2.05) is 43.4 Å². The monoisotopic (exact) mass is 337 g/mol. The van der Waals surface area contributed by atoms with Gasteiger partial charge in [-0.05, 0) is 24.3 Å². The van der Waals surface area contributed by atoms with Crippen molar-refractivity contribution in [3.63, 3.8) is 0 Å². The first-order chi connectivity index (χ1) is 12.2. The Morgan fingerprint density at radius 1 is 1.28 bits per heavy atom. The Balaban J connectivity index is 1.48. The second-order valence-electron chi connectivity index (χ2n) is 6.15. The zero-order chi connectivity index (χ0) is 17.4. The summed E-state index contributed by atoms with van der Waals surface area (Å²) in [5.41, 5.74) is 0.602. The van der Waals surface area contributed by atoms with Crippen molar-refractivity contribution in [3.05, 3.63) is 54.4 Å². The molecule has 4 rings (SSSR count). The molecule has 1 amide bonds. The average molecular weight is 337 g/mol. The van der Waals surface area contributed by atoms with Crippen LogP contribution in [0.25, 0.3) is 11.0 Å². The van der Waals surface area contributed by atoms with Crippen molar-refractivity contribution in [2.45, 2.75) is 6.04 Å². The second-order valence-corrected chi connectivity index (χ2v) is 6.15. The number of nitrogens with zero attached hydrogens (tertiary/aromatic N) is 3. The van der Waals surface area contributed by atoms with Crippen molar-refractivity contribution in [1.29, 1.82) is 0 Å². The number of benzene rings is 1. The highest BCUT2D eigenvalue weighted by Gasteiger charge is 2.34. The minimum absolute atomic E-state index is 0.121. The van der Waals surface area contributed by atoms with Crippen molar-refractivity contribution in [1.82, 2.24) is 9.88 Å². The topological polar surface area (TPSA) is 58.8 Å². The van der Waals surface area contributed by atoms with Crippen LogP contribution in [0.15, 0.2) is 53.1 Å². The summed E-state index contributed by atoms with van der Waals surface area (Å²) >= 11 is 0. The lowest BCUT2D eigenvalue weighted by Gasteiger charge is -2.44. The molecule has 1 saturated heterocycles. The fourth-order valence-electron chi connectivity index (χ4n) is 3.07. The molecule has 0 unspecified atom stereocenters. The van der Waals surface area contributed by atoms with Gasteiger partial charge < -0.3 is 19.0 Å². The molecule has 0 atom stereocenters. The van der Waals surface area contributed by atoms with E-state index in [4.69, 9.17) is 9.15 Å². The number of fused-ring (bicyclic) bond motifs is 1. The molecule has 1 fully saturated rings. The van der Waals surface area contributed by atoms with Crippen LogP contribution in [-0.2, 0) is 0 Å². The van der Waals surface area contributed by atoms with E-state index in [2.05, 4.69) is 9.88 Å². The molecule has 1 aliphatic heterocycles. The van der Waals surface area contributed by atoms with Crippen molar-refractivity contribution in [2.75, 3.05) is 32.1 Å². The lowest BCUT2D eigenvalue weighted by atomic mass is 10.1. The first-order valence-electron chi connectivity index (χ1n) is 8.17. The van der Waals surface area contributed by atoms with Crippen LogP contribution in [0.1, 0.15) is 10.6 Å². The molecule has 6 nitrogen and oxygen atoms in total. The molecule has 0 radical (unpaired) electrons. The van der Waals surface area contributed by atoms with Gasteiger partial charge in [0.2, 0.25) is 0 Å². The standard InChI is InChI=1S/C19H19N3O3/c1-21(14-11-22(12-14)17-8-3-4-9-20-17)19(23)16-10-13-6-5-7-15(24-2)18(13)25-16/h3-10,14H,11-12H2,1-2H3. The Labute approximate surface area is 145 Å². The molecule has 0 saturated carbocycles. The van der Waals surface area contributed by atoms with Crippen LogP contribution in [0, 0.1) is 0 Å². The fourth-order valence-corrected chi connectivity index (χ4v) is 3.07. The Hall–Kier alpha value is -3.02. The number of hydrogen-bond donors (Lipinski definition) is 0. The van der Waals surface area contributed by atoms with Crippen LogP contribution >= 0.6 is 0 Å². The van der Waals surface area contributed by atoms with Gasteiger partial charge >= 0.3 is 0 Å². The quantitative estimate of drug-likeness (QED) is 0.733. The van der Waals surface area contributed by atoms with E-state index in [1.54, 1.807) is 24.3 Å². The predicted octanol–water partition coefficient (Wildman–Crippen LogP) is 2.80.